The minimum atomic E-state index is -1.01. The van der Waals surface area contributed by atoms with E-state index in [9.17, 15) is 14.7 Å². The maximum Gasteiger partial charge on any atom is 0.164 e. The summed E-state index contributed by atoms with van der Waals surface area (Å²) >= 11 is 5.15. The predicted octanol–water partition coefficient (Wildman–Crippen LogP) is 3.87. The lowest BCUT2D eigenvalue weighted by Gasteiger charge is -2.34. The van der Waals surface area contributed by atoms with Crippen LogP contribution in [0.5, 0.6) is 0 Å². The van der Waals surface area contributed by atoms with Crippen LogP contribution >= 0.6 is 12.2 Å². The Hall–Kier alpha value is -2.12. The summed E-state index contributed by atoms with van der Waals surface area (Å²) in [7, 11) is 0. The highest BCUT2D eigenvalue weighted by atomic mass is 32.1. The second-order valence-electron chi connectivity index (χ2n) is 8.41. The van der Waals surface area contributed by atoms with Crippen molar-refractivity contribution in [1.29, 1.82) is 0 Å². The molecule has 1 aliphatic rings. The SMILES string of the molecule is CCON=CCCC1CC(c2c(C)c(CC(N)=S)c(C)c(C(C)=O)c2C)CC(O)C1=O. The summed E-state index contributed by atoms with van der Waals surface area (Å²) in [6, 6.07) is 0. The van der Waals surface area contributed by atoms with E-state index in [1.54, 1.807) is 13.1 Å². The Morgan fingerprint density at radius 3 is 2.52 bits per heavy atom. The molecule has 3 unspecified atom stereocenters. The van der Waals surface area contributed by atoms with Crippen molar-refractivity contribution in [2.45, 2.75) is 78.7 Å². The summed E-state index contributed by atoms with van der Waals surface area (Å²) < 4.78 is 0. The van der Waals surface area contributed by atoms with Gasteiger partial charge in [0.05, 0.1) is 4.99 Å². The highest BCUT2D eigenvalue weighted by Crippen LogP contribution is 2.42. The first kappa shape index (κ1) is 25.1. The summed E-state index contributed by atoms with van der Waals surface area (Å²) in [6.07, 6.45) is 3.28. The molecule has 0 radical (unpaired) electrons. The van der Waals surface area contributed by atoms with E-state index in [1.807, 2.05) is 27.7 Å². The standard InChI is InChI=1S/C24H34N2O4S/c1-6-30-26-9-7-8-17-10-18(11-20(28)24(17)29)23-14(3)19(12-21(25)31)13(2)22(15(23)4)16(5)27/h9,17-18,20,28H,6-8,10-12H2,1-5H3,(H2,25,31). The van der Waals surface area contributed by atoms with Crippen molar-refractivity contribution in [2.75, 3.05) is 6.61 Å². The number of aliphatic hydroxyl groups excluding tert-OH is 1. The zero-order valence-electron chi connectivity index (χ0n) is 19.2. The zero-order valence-corrected chi connectivity index (χ0v) is 20.0. The van der Waals surface area contributed by atoms with Crippen LogP contribution in [0, 0.1) is 26.7 Å². The first-order valence-electron chi connectivity index (χ1n) is 10.9. The molecule has 31 heavy (non-hydrogen) atoms. The van der Waals surface area contributed by atoms with Crippen molar-refractivity contribution >= 4 is 35.0 Å². The first-order chi connectivity index (χ1) is 14.6. The number of hydrogen-bond donors (Lipinski definition) is 2. The summed E-state index contributed by atoms with van der Waals surface area (Å²) in [6.45, 7) is 9.85. The van der Waals surface area contributed by atoms with Gasteiger partial charge in [0.15, 0.2) is 11.6 Å². The average molecular weight is 447 g/mol. The van der Waals surface area contributed by atoms with Crippen molar-refractivity contribution < 1.29 is 19.5 Å². The van der Waals surface area contributed by atoms with Gasteiger partial charge in [-0.15, -0.1) is 0 Å². The number of oxime groups is 1. The number of hydrogen-bond acceptors (Lipinski definition) is 6. The lowest BCUT2D eigenvalue weighted by molar-refractivity contribution is -0.134. The zero-order chi connectivity index (χ0) is 23.3. The van der Waals surface area contributed by atoms with E-state index in [0.717, 1.165) is 27.8 Å². The molecule has 0 aliphatic heterocycles. The van der Waals surface area contributed by atoms with Crippen LogP contribution in [0.4, 0.5) is 0 Å². The topological polar surface area (TPSA) is 102 Å². The first-order valence-corrected chi connectivity index (χ1v) is 11.3. The van der Waals surface area contributed by atoms with E-state index in [1.165, 1.54) is 0 Å². The van der Waals surface area contributed by atoms with Gasteiger partial charge >= 0.3 is 0 Å². The number of carbonyl (C=O) groups is 2. The summed E-state index contributed by atoms with van der Waals surface area (Å²) in [5, 5.41) is 14.4. The molecule has 2 rings (SSSR count). The number of ketones is 2. The maximum atomic E-state index is 12.6. The third kappa shape index (κ3) is 5.77. The molecule has 3 atom stereocenters. The second-order valence-corrected chi connectivity index (χ2v) is 8.93. The molecule has 7 heteroatoms. The van der Waals surface area contributed by atoms with Crippen LogP contribution in [0.1, 0.15) is 83.6 Å². The molecule has 1 fully saturated rings. The van der Waals surface area contributed by atoms with Gasteiger partial charge in [0, 0.05) is 24.1 Å². The lowest BCUT2D eigenvalue weighted by Crippen LogP contribution is -2.37. The molecule has 1 saturated carbocycles. The molecular formula is C24H34N2O4S. The third-order valence-electron chi connectivity index (χ3n) is 6.30. The Morgan fingerprint density at radius 1 is 1.26 bits per heavy atom. The summed E-state index contributed by atoms with van der Waals surface area (Å²) in [5.74, 6) is -0.401. The Morgan fingerprint density at radius 2 is 1.94 bits per heavy atom. The summed E-state index contributed by atoms with van der Waals surface area (Å²) in [5.41, 5.74) is 11.5. The maximum absolute atomic E-state index is 12.6. The Labute approximate surface area is 190 Å². The molecule has 6 nitrogen and oxygen atoms in total. The van der Waals surface area contributed by atoms with Gasteiger partial charge in [-0.05, 0) is 94.0 Å². The molecule has 1 aliphatic carbocycles. The fourth-order valence-electron chi connectivity index (χ4n) is 5.04. The number of rotatable bonds is 9. The van der Waals surface area contributed by atoms with Crippen molar-refractivity contribution in [3.05, 3.63) is 33.4 Å². The van der Waals surface area contributed by atoms with Gasteiger partial charge in [-0.25, -0.2) is 0 Å². The molecule has 1 aromatic carbocycles. The van der Waals surface area contributed by atoms with Gasteiger partial charge in [0.25, 0.3) is 0 Å². The number of nitrogens with zero attached hydrogens (tertiary/aromatic N) is 1. The monoisotopic (exact) mass is 446 g/mol. The van der Waals surface area contributed by atoms with Crippen LogP contribution in [0.25, 0.3) is 0 Å². The number of Topliss-reactive ketones (excluding diaryl/α,β-unsaturated/α-hetero) is 2. The van der Waals surface area contributed by atoms with Gasteiger partial charge in [0.2, 0.25) is 0 Å². The highest BCUT2D eigenvalue weighted by molar-refractivity contribution is 7.80. The minimum absolute atomic E-state index is 0.00319. The van der Waals surface area contributed by atoms with Crippen molar-refractivity contribution in [3.63, 3.8) is 0 Å². The van der Waals surface area contributed by atoms with Gasteiger partial charge in [-0.1, -0.05) is 17.4 Å². The fraction of sp³-hybridized carbons (Fsp3) is 0.583. The number of benzene rings is 1. The molecule has 170 valence electrons. The number of carbonyl (C=O) groups excluding carboxylic acids is 2. The summed E-state index contributed by atoms with van der Waals surface area (Å²) in [4.78, 5) is 30.4. The molecular weight excluding hydrogens is 412 g/mol. The van der Waals surface area contributed by atoms with Crippen LogP contribution < -0.4 is 5.73 Å². The molecule has 0 saturated heterocycles. The van der Waals surface area contributed by atoms with E-state index in [2.05, 4.69) is 5.16 Å². The normalized spacial score (nSPS) is 21.5. The van der Waals surface area contributed by atoms with Crippen LogP contribution in [-0.2, 0) is 16.1 Å². The minimum Gasteiger partial charge on any atom is -0.396 e. The van der Waals surface area contributed by atoms with Gasteiger partial charge < -0.3 is 15.7 Å². The van der Waals surface area contributed by atoms with Crippen LogP contribution in [0.15, 0.2) is 5.16 Å². The molecule has 0 heterocycles. The van der Waals surface area contributed by atoms with Gasteiger partial charge in [0.1, 0.15) is 12.7 Å². The molecule has 0 bridgehead atoms. The highest BCUT2D eigenvalue weighted by Gasteiger charge is 2.37. The average Bonchev–Trinajstić information content (AvgIpc) is 2.68. The Bertz CT molecular complexity index is 894. The van der Waals surface area contributed by atoms with Crippen molar-refractivity contribution in [3.8, 4) is 0 Å². The van der Waals surface area contributed by atoms with Crippen LogP contribution in [0.2, 0.25) is 0 Å². The smallest absolute Gasteiger partial charge is 0.164 e. The van der Waals surface area contributed by atoms with Gasteiger partial charge in [-0.3, -0.25) is 9.59 Å². The van der Waals surface area contributed by atoms with Crippen molar-refractivity contribution in [2.24, 2.45) is 16.8 Å². The largest absolute Gasteiger partial charge is 0.396 e. The van der Waals surface area contributed by atoms with E-state index in [-0.39, 0.29) is 23.4 Å². The third-order valence-corrected chi connectivity index (χ3v) is 6.45. The molecule has 0 spiro atoms. The Balaban J connectivity index is 2.45. The van der Waals surface area contributed by atoms with Gasteiger partial charge in [-0.2, -0.15) is 0 Å². The van der Waals surface area contributed by atoms with Crippen LogP contribution in [-0.4, -0.2) is 40.6 Å². The predicted molar refractivity (Wildman–Crippen MR) is 127 cm³/mol. The second kappa shape index (κ2) is 11.0. The van der Waals surface area contributed by atoms with E-state index < -0.39 is 6.10 Å². The van der Waals surface area contributed by atoms with E-state index >= 15 is 0 Å². The molecule has 3 N–H and O–H groups in total. The number of thiocarbonyl (C=S) groups is 1. The molecule has 0 amide bonds. The number of nitrogens with two attached hydrogens (primary N) is 1. The number of aliphatic hydroxyl groups is 1. The van der Waals surface area contributed by atoms with Crippen LogP contribution in [0.3, 0.4) is 0 Å². The van der Waals surface area contributed by atoms with Crippen molar-refractivity contribution in [1.82, 2.24) is 0 Å². The fourth-order valence-corrected chi connectivity index (χ4v) is 5.18. The molecule has 1 aromatic rings. The van der Waals surface area contributed by atoms with E-state index in [0.29, 0.717) is 49.3 Å². The quantitative estimate of drug-likeness (QED) is 0.258. The Kier molecular flexibility index (Phi) is 8.89. The molecule has 0 aromatic heterocycles. The lowest BCUT2D eigenvalue weighted by atomic mass is 9.70. The van der Waals surface area contributed by atoms with E-state index in [4.69, 9.17) is 22.8 Å².